The molecule has 0 saturated heterocycles. The molecule has 0 aromatic heterocycles. The molecule has 2 nitrogen and oxygen atoms in total. The number of hydrogen-bond acceptors (Lipinski definition) is 2. The van der Waals surface area contributed by atoms with E-state index in [1.165, 1.54) is 49.7 Å². The number of benzene rings is 1. The van der Waals surface area contributed by atoms with E-state index >= 15 is 0 Å². The molecule has 1 aromatic rings. The Morgan fingerprint density at radius 3 is 2.83 bits per heavy atom. The first-order valence-electron chi connectivity index (χ1n) is 7.30. The van der Waals surface area contributed by atoms with Crippen molar-refractivity contribution in [3.8, 4) is 5.75 Å². The Kier molecular flexibility index (Phi) is 3.55. The van der Waals surface area contributed by atoms with Gasteiger partial charge in [0.15, 0.2) is 0 Å². The molecule has 1 N–H and O–H groups in total. The third-order valence-electron chi connectivity index (χ3n) is 4.51. The molecule has 98 valence electrons. The van der Waals surface area contributed by atoms with Gasteiger partial charge in [-0.05, 0) is 62.3 Å². The highest BCUT2D eigenvalue weighted by atomic mass is 16.5. The van der Waals surface area contributed by atoms with E-state index in [9.17, 15) is 0 Å². The predicted molar refractivity (Wildman–Crippen MR) is 74.0 cm³/mol. The van der Waals surface area contributed by atoms with Crippen LogP contribution in [0.25, 0.3) is 0 Å². The van der Waals surface area contributed by atoms with Crippen molar-refractivity contribution in [3.05, 3.63) is 29.3 Å². The van der Waals surface area contributed by atoms with Crippen LogP contribution in [0, 0.1) is 5.92 Å². The van der Waals surface area contributed by atoms with Crippen molar-refractivity contribution in [1.29, 1.82) is 0 Å². The summed E-state index contributed by atoms with van der Waals surface area (Å²) in [6.07, 6.45) is 7.79. The molecule has 0 spiro atoms. The topological polar surface area (TPSA) is 21.3 Å². The van der Waals surface area contributed by atoms with Crippen molar-refractivity contribution in [2.75, 3.05) is 13.7 Å². The van der Waals surface area contributed by atoms with E-state index < -0.39 is 0 Å². The minimum Gasteiger partial charge on any atom is -0.493 e. The molecule has 0 aliphatic heterocycles. The Hall–Kier alpha value is -1.02. The Labute approximate surface area is 110 Å². The number of nitrogens with one attached hydrogen (secondary N) is 1. The predicted octanol–water partition coefficient (Wildman–Crippen LogP) is 3.46. The summed E-state index contributed by atoms with van der Waals surface area (Å²) < 4.78 is 6.07. The van der Waals surface area contributed by atoms with Gasteiger partial charge in [-0.2, -0.15) is 0 Å². The summed E-state index contributed by atoms with van der Waals surface area (Å²) in [5.41, 5.74) is 2.90. The second kappa shape index (κ2) is 5.31. The van der Waals surface area contributed by atoms with E-state index in [1.54, 1.807) is 0 Å². The van der Waals surface area contributed by atoms with Gasteiger partial charge < -0.3 is 10.1 Å². The van der Waals surface area contributed by atoms with E-state index in [2.05, 4.69) is 30.6 Å². The van der Waals surface area contributed by atoms with Gasteiger partial charge in [-0.25, -0.2) is 0 Å². The standard InChI is InChI=1S/C16H23NO/c1-17-15-9-3-8-14-13(15)7-4-10-16(14)18-11-12-5-2-6-12/h4,7,10,12,15,17H,2-3,5-6,8-9,11H2,1H3. The van der Waals surface area contributed by atoms with Crippen molar-refractivity contribution in [1.82, 2.24) is 5.32 Å². The second-order valence-electron chi connectivity index (χ2n) is 5.67. The van der Waals surface area contributed by atoms with Gasteiger partial charge in [0.1, 0.15) is 5.75 Å². The summed E-state index contributed by atoms with van der Waals surface area (Å²) >= 11 is 0. The molecule has 1 saturated carbocycles. The second-order valence-corrected chi connectivity index (χ2v) is 5.67. The molecule has 2 aliphatic rings. The van der Waals surface area contributed by atoms with Crippen molar-refractivity contribution < 1.29 is 4.74 Å². The molecule has 0 radical (unpaired) electrons. The lowest BCUT2D eigenvalue weighted by Crippen LogP contribution is -2.23. The van der Waals surface area contributed by atoms with Crippen LogP contribution in [0.4, 0.5) is 0 Å². The van der Waals surface area contributed by atoms with Crippen LogP contribution in [0.3, 0.4) is 0 Å². The fourth-order valence-electron chi connectivity index (χ4n) is 3.12. The Morgan fingerprint density at radius 2 is 2.11 bits per heavy atom. The molecular formula is C16H23NO. The van der Waals surface area contributed by atoms with Crippen LogP contribution in [-0.4, -0.2) is 13.7 Å². The first kappa shape index (κ1) is 12.0. The minimum atomic E-state index is 0.515. The molecule has 18 heavy (non-hydrogen) atoms. The summed E-state index contributed by atoms with van der Waals surface area (Å²) in [6, 6.07) is 7.06. The maximum Gasteiger partial charge on any atom is 0.122 e. The zero-order valence-corrected chi connectivity index (χ0v) is 11.2. The summed E-state index contributed by atoms with van der Waals surface area (Å²) in [5.74, 6) is 1.95. The highest BCUT2D eigenvalue weighted by Crippen LogP contribution is 2.36. The zero-order chi connectivity index (χ0) is 12.4. The highest BCUT2D eigenvalue weighted by Gasteiger charge is 2.23. The third kappa shape index (κ3) is 2.26. The first-order valence-corrected chi connectivity index (χ1v) is 7.30. The van der Waals surface area contributed by atoms with Crippen molar-refractivity contribution >= 4 is 0 Å². The van der Waals surface area contributed by atoms with Crippen LogP contribution in [0.1, 0.15) is 49.3 Å². The molecule has 3 rings (SSSR count). The fourth-order valence-corrected chi connectivity index (χ4v) is 3.12. The van der Waals surface area contributed by atoms with Gasteiger partial charge >= 0.3 is 0 Å². The first-order chi connectivity index (χ1) is 8.88. The Bertz CT molecular complexity index is 412. The quantitative estimate of drug-likeness (QED) is 0.877. The number of ether oxygens (including phenoxy) is 1. The van der Waals surface area contributed by atoms with E-state index in [0.717, 1.165) is 18.3 Å². The third-order valence-corrected chi connectivity index (χ3v) is 4.51. The molecule has 1 fully saturated rings. The molecular weight excluding hydrogens is 222 g/mol. The van der Waals surface area contributed by atoms with Crippen LogP contribution in [-0.2, 0) is 6.42 Å². The van der Waals surface area contributed by atoms with Crippen molar-refractivity contribution in [2.24, 2.45) is 5.92 Å². The van der Waals surface area contributed by atoms with Crippen LogP contribution in [0.2, 0.25) is 0 Å². The molecule has 2 heteroatoms. The van der Waals surface area contributed by atoms with E-state index in [-0.39, 0.29) is 0 Å². The van der Waals surface area contributed by atoms with Gasteiger partial charge in [-0.3, -0.25) is 0 Å². The molecule has 1 aromatic carbocycles. The van der Waals surface area contributed by atoms with Crippen LogP contribution >= 0.6 is 0 Å². The molecule has 0 heterocycles. The Balaban J connectivity index is 1.77. The largest absolute Gasteiger partial charge is 0.493 e. The maximum atomic E-state index is 6.07. The molecule has 0 amide bonds. The average Bonchev–Trinajstić information content (AvgIpc) is 2.36. The summed E-state index contributed by atoms with van der Waals surface area (Å²) in [4.78, 5) is 0. The van der Waals surface area contributed by atoms with Crippen LogP contribution < -0.4 is 10.1 Å². The summed E-state index contributed by atoms with van der Waals surface area (Å²) in [7, 11) is 2.06. The van der Waals surface area contributed by atoms with Gasteiger partial charge in [0.25, 0.3) is 0 Å². The molecule has 1 unspecified atom stereocenters. The summed E-state index contributed by atoms with van der Waals surface area (Å²) in [6.45, 7) is 0.917. The Morgan fingerprint density at radius 1 is 1.22 bits per heavy atom. The van der Waals surface area contributed by atoms with Gasteiger partial charge in [-0.1, -0.05) is 18.6 Å². The molecule has 2 aliphatic carbocycles. The number of rotatable bonds is 4. The van der Waals surface area contributed by atoms with E-state index in [0.29, 0.717) is 6.04 Å². The average molecular weight is 245 g/mol. The van der Waals surface area contributed by atoms with Gasteiger partial charge in [0, 0.05) is 6.04 Å². The normalized spacial score (nSPS) is 23.3. The van der Waals surface area contributed by atoms with Crippen molar-refractivity contribution in [2.45, 2.75) is 44.6 Å². The maximum absolute atomic E-state index is 6.07. The van der Waals surface area contributed by atoms with E-state index in [4.69, 9.17) is 4.74 Å². The number of fused-ring (bicyclic) bond motifs is 1. The molecule has 0 bridgehead atoms. The lowest BCUT2D eigenvalue weighted by Gasteiger charge is -2.29. The highest BCUT2D eigenvalue weighted by molar-refractivity contribution is 5.43. The number of hydrogen-bond donors (Lipinski definition) is 1. The van der Waals surface area contributed by atoms with Gasteiger partial charge in [0.2, 0.25) is 0 Å². The monoisotopic (exact) mass is 245 g/mol. The smallest absolute Gasteiger partial charge is 0.122 e. The fraction of sp³-hybridized carbons (Fsp3) is 0.625. The SMILES string of the molecule is CNC1CCCc2c(OCC3CCC3)cccc21. The molecule has 1 atom stereocenters. The summed E-state index contributed by atoms with van der Waals surface area (Å²) in [5, 5.41) is 3.42. The minimum absolute atomic E-state index is 0.515. The van der Waals surface area contributed by atoms with Crippen LogP contribution in [0.5, 0.6) is 5.75 Å². The van der Waals surface area contributed by atoms with Crippen molar-refractivity contribution in [3.63, 3.8) is 0 Å². The lowest BCUT2D eigenvalue weighted by atomic mass is 9.86. The zero-order valence-electron chi connectivity index (χ0n) is 11.2. The van der Waals surface area contributed by atoms with Gasteiger partial charge in [-0.15, -0.1) is 0 Å². The van der Waals surface area contributed by atoms with Crippen LogP contribution in [0.15, 0.2) is 18.2 Å². The van der Waals surface area contributed by atoms with E-state index in [1.807, 2.05) is 0 Å². The lowest BCUT2D eigenvalue weighted by molar-refractivity contribution is 0.179. The van der Waals surface area contributed by atoms with Gasteiger partial charge in [0.05, 0.1) is 6.61 Å².